The molecule has 0 radical (unpaired) electrons. The van der Waals surface area contributed by atoms with Crippen LogP contribution in [0.3, 0.4) is 0 Å². The zero-order valence-electron chi connectivity index (χ0n) is 10.1. The Labute approximate surface area is 100 Å². The van der Waals surface area contributed by atoms with E-state index in [1.165, 1.54) is 6.07 Å². The number of carbonyl (C=O) groups is 1. The first-order valence-corrected chi connectivity index (χ1v) is 5.84. The van der Waals surface area contributed by atoms with Crippen molar-refractivity contribution in [2.75, 3.05) is 11.9 Å². The summed E-state index contributed by atoms with van der Waals surface area (Å²) < 4.78 is 13.3. The second kappa shape index (κ2) is 4.45. The molecule has 4 heteroatoms. The normalized spacial score (nSPS) is 23.7. The predicted octanol–water partition coefficient (Wildman–Crippen LogP) is 2.21. The van der Waals surface area contributed by atoms with Gasteiger partial charge in [0.15, 0.2) is 0 Å². The fraction of sp³-hybridized carbons (Fsp3) is 0.462. The van der Waals surface area contributed by atoms with Crippen molar-refractivity contribution >= 4 is 11.6 Å². The fourth-order valence-corrected chi connectivity index (χ4v) is 2.09. The molecular formula is C13H17FN2O. The molecule has 1 heterocycles. The van der Waals surface area contributed by atoms with Crippen molar-refractivity contribution in [3.05, 3.63) is 29.6 Å². The molecule has 1 aliphatic heterocycles. The molecular weight excluding hydrogens is 219 g/mol. The summed E-state index contributed by atoms with van der Waals surface area (Å²) >= 11 is 0. The van der Waals surface area contributed by atoms with E-state index in [0.717, 1.165) is 19.4 Å². The molecule has 0 aliphatic carbocycles. The van der Waals surface area contributed by atoms with E-state index in [2.05, 4.69) is 10.6 Å². The number of amides is 1. The van der Waals surface area contributed by atoms with E-state index < -0.39 is 5.54 Å². The van der Waals surface area contributed by atoms with Crippen LogP contribution in [0, 0.1) is 12.7 Å². The molecule has 2 rings (SSSR count). The van der Waals surface area contributed by atoms with E-state index in [1.54, 1.807) is 19.1 Å². The van der Waals surface area contributed by atoms with E-state index in [1.807, 2.05) is 6.92 Å². The maximum Gasteiger partial charge on any atom is 0.244 e. The summed E-state index contributed by atoms with van der Waals surface area (Å²) in [5.41, 5.74) is 0.492. The number of rotatable bonds is 2. The number of nitrogens with one attached hydrogen (secondary N) is 2. The Morgan fingerprint density at radius 1 is 1.53 bits per heavy atom. The van der Waals surface area contributed by atoms with Crippen molar-refractivity contribution in [3.63, 3.8) is 0 Å². The molecule has 1 atom stereocenters. The van der Waals surface area contributed by atoms with Crippen LogP contribution in [0.15, 0.2) is 18.2 Å². The van der Waals surface area contributed by atoms with Gasteiger partial charge in [-0.2, -0.15) is 0 Å². The molecule has 0 spiro atoms. The van der Waals surface area contributed by atoms with Crippen molar-refractivity contribution in [2.24, 2.45) is 0 Å². The quantitative estimate of drug-likeness (QED) is 0.826. The van der Waals surface area contributed by atoms with Crippen LogP contribution in [0.1, 0.15) is 25.3 Å². The summed E-state index contributed by atoms with van der Waals surface area (Å²) in [6.45, 7) is 4.39. The summed E-state index contributed by atoms with van der Waals surface area (Å²) in [6.07, 6.45) is 1.80. The van der Waals surface area contributed by atoms with Crippen molar-refractivity contribution in [1.82, 2.24) is 5.32 Å². The van der Waals surface area contributed by atoms with Crippen molar-refractivity contribution in [2.45, 2.75) is 32.2 Å². The molecule has 3 nitrogen and oxygen atoms in total. The summed E-state index contributed by atoms with van der Waals surface area (Å²) in [5, 5.41) is 5.97. The van der Waals surface area contributed by atoms with E-state index in [-0.39, 0.29) is 11.7 Å². The molecule has 0 bridgehead atoms. The van der Waals surface area contributed by atoms with Crippen LogP contribution < -0.4 is 10.6 Å². The minimum Gasteiger partial charge on any atom is -0.324 e. The van der Waals surface area contributed by atoms with Crippen molar-refractivity contribution in [3.8, 4) is 0 Å². The number of hydrogen-bond acceptors (Lipinski definition) is 2. The highest BCUT2D eigenvalue weighted by Crippen LogP contribution is 2.23. The fourth-order valence-electron chi connectivity index (χ4n) is 2.09. The van der Waals surface area contributed by atoms with Crippen LogP contribution in [0.2, 0.25) is 0 Å². The Bertz CT molecular complexity index is 439. The SMILES string of the molecule is Cc1c(F)cccc1NC(=O)C1(C)CCCN1. The lowest BCUT2D eigenvalue weighted by atomic mass is 9.99. The number of anilines is 1. The maximum absolute atomic E-state index is 13.3. The highest BCUT2D eigenvalue weighted by molar-refractivity contribution is 5.98. The lowest BCUT2D eigenvalue weighted by molar-refractivity contribution is -0.121. The van der Waals surface area contributed by atoms with Crippen LogP contribution in [0.25, 0.3) is 0 Å². The molecule has 1 unspecified atom stereocenters. The first-order valence-electron chi connectivity index (χ1n) is 5.84. The number of carbonyl (C=O) groups excluding carboxylic acids is 1. The monoisotopic (exact) mass is 236 g/mol. The zero-order valence-corrected chi connectivity index (χ0v) is 10.1. The lowest BCUT2D eigenvalue weighted by Crippen LogP contribution is -2.48. The van der Waals surface area contributed by atoms with Crippen LogP contribution in [-0.2, 0) is 4.79 Å². The summed E-state index contributed by atoms with van der Waals surface area (Å²) in [6, 6.07) is 4.71. The van der Waals surface area contributed by atoms with Gasteiger partial charge in [0.2, 0.25) is 5.91 Å². The molecule has 1 fully saturated rings. The summed E-state index contributed by atoms with van der Waals surface area (Å²) in [7, 11) is 0. The van der Waals surface area contributed by atoms with Gasteiger partial charge in [0.25, 0.3) is 0 Å². The molecule has 92 valence electrons. The smallest absolute Gasteiger partial charge is 0.244 e. The highest BCUT2D eigenvalue weighted by atomic mass is 19.1. The predicted molar refractivity (Wildman–Crippen MR) is 65.4 cm³/mol. The molecule has 2 N–H and O–H groups in total. The number of halogens is 1. The largest absolute Gasteiger partial charge is 0.324 e. The van der Waals surface area contributed by atoms with E-state index >= 15 is 0 Å². The Hall–Kier alpha value is -1.42. The number of benzene rings is 1. The first kappa shape index (κ1) is 12.0. The van der Waals surface area contributed by atoms with Gasteiger partial charge in [0.1, 0.15) is 5.82 Å². The van der Waals surface area contributed by atoms with Gasteiger partial charge in [-0.1, -0.05) is 6.07 Å². The Morgan fingerprint density at radius 3 is 2.94 bits per heavy atom. The average molecular weight is 236 g/mol. The maximum atomic E-state index is 13.3. The van der Waals surface area contributed by atoms with Gasteiger partial charge in [-0.25, -0.2) is 4.39 Å². The minimum absolute atomic E-state index is 0.0938. The van der Waals surface area contributed by atoms with Crippen molar-refractivity contribution in [1.29, 1.82) is 0 Å². The van der Waals surface area contributed by atoms with Gasteiger partial charge in [0, 0.05) is 11.3 Å². The molecule has 1 aliphatic rings. The third-order valence-corrected chi connectivity index (χ3v) is 3.39. The summed E-state index contributed by atoms with van der Waals surface area (Å²) in [5.74, 6) is -0.393. The zero-order chi connectivity index (χ0) is 12.5. The lowest BCUT2D eigenvalue weighted by Gasteiger charge is -2.23. The van der Waals surface area contributed by atoms with Gasteiger partial charge in [-0.05, 0) is 45.4 Å². The Kier molecular flexibility index (Phi) is 3.15. The highest BCUT2D eigenvalue weighted by Gasteiger charge is 2.35. The van der Waals surface area contributed by atoms with Crippen molar-refractivity contribution < 1.29 is 9.18 Å². The van der Waals surface area contributed by atoms with Gasteiger partial charge in [-0.15, -0.1) is 0 Å². The molecule has 1 aromatic carbocycles. The number of hydrogen-bond donors (Lipinski definition) is 2. The minimum atomic E-state index is -0.529. The second-order valence-corrected chi connectivity index (χ2v) is 4.73. The van der Waals surface area contributed by atoms with Crippen LogP contribution in [0.4, 0.5) is 10.1 Å². The van der Waals surface area contributed by atoms with E-state index in [0.29, 0.717) is 11.3 Å². The molecule has 0 saturated carbocycles. The topological polar surface area (TPSA) is 41.1 Å². The third-order valence-electron chi connectivity index (χ3n) is 3.39. The Morgan fingerprint density at radius 2 is 2.29 bits per heavy atom. The molecule has 17 heavy (non-hydrogen) atoms. The van der Waals surface area contributed by atoms with Crippen LogP contribution in [-0.4, -0.2) is 18.0 Å². The van der Waals surface area contributed by atoms with Gasteiger partial charge in [-0.3, -0.25) is 4.79 Å². The Balaban J connectivity index is 2.16. The summed E-state index contributed by atoms with van der Waals surface area (Å²) in [4.78, 5) is 12.1. The third kappa shape index (κ3) is 2.31. The molecule has 1 saturated heterocycles. The standard InChI is InChI=1S/C13H17FN2O/c1-9-10(14)5-3-6-11(9)16-12(17)13(2)7-4-8-15-13/h3,5-6,15H,4,7-8H2,1-2H3,(H,16,17). The molecule has 1 aromatic rings. The average Bonchev–Trinajstić information content (AvgIpc) is 2.73. The first-order chi connectivity index (χ1) is 8.03. The van der Waals surface area contributed by atoms with E-state index in [4.69, 9.17) is 0 Å². The van der Waals surface area contributed by atoms with E-state index in [9.17, 15) is 9.18 Å². The van der Waals surface area contributed by atoms with Gasteiger partial charge < -0.3 is 10.6 Å². The van der Waals surface area contributed by atoms with Crippen LogP contribution in [0.5, 0.6) is 0 Å². The molecule has 1 amide bonds. The van der Waals surface area contributed by atoms with Crippen LogP contribution >= 0.6 is 0 Å². The molecule has 0 aromatic heterocycles. The van der Waals surface area contributed by atoms with Gasteiger partial charge >= 0.3 is 0 Å². The van der Waals surface area contributed by atoms with Gasteiger partial charge in [0.05, 0.1) is 5.54 Å². The second-order valence-electron chi connectivity index (χ2n) is 4.73.